The maximum Gasteiger partial charge on any atom is 0.120 e. The van der Waals surface area contributed by atoms with Crippen molar-refractivity contribution in [3.63, 3.8) is 0 Å². The van der Waals surface area contributed by atoms with Crippen molar-refractivity contribution in [2.45, 2.75) is 32.1 Å². The van der Waals surface area contributed by atoms with Crippen molar-refractivity contribution in [1.82, 2.24) is 0 Å². The highest BCUT2D eigenvalue weighted by molar-refractivity contribution is 5.56. The fraction of sp³-hybridized carbons (Fsp3) is 0.455. The molecule has 0 amide bonds. The molecular formula is C11H15NO. The van der Waals surface area contributed by atoms with Crippen LogP contribution in [0.25, 0.3) is 0 Å². The third-order valence-corrected chi connectivity index (χ3v) is 3.02. The van der Waals surface area contributed by atoms with Gasteiger partial charge in [0.15, 0.2) is 0 Å². The minimum atomic E-state index is 0.335. The van der Waals surface area contributed by atoms with E-state index in [9.17, 15) is 5.11 Å². The molecule has 1 aliphatic rings. The molecule has 2 nitrogen and oxygen atoms in total. The number of phenols is 1. The summed E-state index contributed by atoms with van der Waals surface area (Å²) in [4.78, 5) is 0. The van der Waals surface area contributed by atoms with Gasteiger partial charge in [-0.2, -0.15) is 0 Å². The van der Waals surface area contributed by atoms with Gasteiger partial charge in [0.05, 0.1) is 0 Å². The summed E-state index contributed by atoms with van der Waals surface area (Å²) < 4.78 is 0. The molecule has 1 aromatic carbocycles. The lowest BCUT2D eigenvalue weighted by Crippen LogP contribution is -2.09. The lowest BCUT2D eigenvalue weighted by molar-refractivity contribution is 0.415. The fourth-order valence-electron chi connectivity index (χ4n) is 1.72. The standard InChI is InChI=1S/C11H15NO/c1-7-10(12)5-9(6-11(7)13)8-3-2-4-8/h5-6,8,13H,2-4,12H2,1H3. The van der Waals surface area contributed by atoms with E-state index in [1.807, 2.05) is 19.1 Å². The Labute approximate surface area is 78.4 Å². The third-order valence-electron chi connectivity index (χ3n) is 3.02. The average molecular weight is 177 g/mol. The Hall–Kier alpha value is -1.18. The molecule has 70 valence electrons. The van der Waals surface area contributed by atoms with Crippen LogP contribution in [0.3, 0.4) is 0 Å². The molecule has 0 radical (unpaired) electrons. The summed E-state index contributed by atoms with van der Waals surface area (Å²) in [6, 6.07) is 3.86. The van der Waals surface area contributed by atoms with E-state index in [1.54, 1.807) is 0 Å². The highest BCUT2D eigenvalue weighted by Crippen LogP contribution is 2.39. The Morgan fingerprint density at radius 2 is 2.08 bits per heavy atom. The fourth-order valence-corrected chi connectivity index (χ4v) is 1.72. The van der Waals surface area contributed by atoms with Crippen LogP contribution in [0.2, 0.25) is 0 Å². The molecule has 0 bridgehead atoms. The minimum Gasteiger partial charge on any atom is -0.508 e. The molecule has 0 unspecified atom stereocenters. The second-order valence-electron chi connectivity index (χ2n) is 3.88. The highest BCUT2D eigenvalue weighted by Gasteiger charge is 2.20. The SMILES string of the molecule is Cc1c(N)cc(C2CCC2)cc1O. The van der Waals surface area contributed by atoms with Gasteiger partial charge in [0.2, 0.25) is 0 Å². The van der Waals surface area contributed by atoms with Crippen molar-refractivity contribution in [2.75, 3.05) is 5.73 Å². The van der Waals surface area contributed by atoms with Crippen molar-refractivity contribution in [2.24, 2.45) is 0 Å². The average Bonchev–Trinajstić information content (AvgIpc) is 1.96. The number of nitrogens with two attached hydrogens (primary N) is 1. The molecule has 1 saturated carbocycles. The van der Waals surface area contributed by atoms with E-state index in [4.69, 9.17) is 5.73 Å². The monoisotopic (exact) mass is 177 g/mol. The van der Waals surface area contributed by atoms with Crippen molar-refractivity contribution in [3.8, 4) is 5.75 Å². The zero-order chi connectivity index (χ0) is 9.42. The Balaban J connectivity index is 2.37. The summed E-state index contributed by atoms with van der Waals surface area (Å²) in [7, 11) is 0. The van der Waals surface area contributed by atoms with Crippen molar-refractivity contribution >= 4 is 5.69 Å². The van der Waals surface area contributed by atoms with Crippen LogP contribution in [0.15, 0.2) is 12.1 Å². The predicted octanol–water partition coefficient (Wildman–Crippen LogP) is 2.55. The van der Waals surface area contributed by atoms with Crippen LogP contribution < -0.4 is 5.73 Å². The minimum absolute atomic E-state index is 0.335. The van der Waals surface area contributed by atoms with Crippen LogP contribution in [0.5, 0.6) is 5.75 Å². The first kappa shape index (κ1) is 8.42. The first-order valence-corrected chi connectivity index (χ1v) is 4.77. The topological polar surface area (TPSA) is 46.2 Å². The third kappa shape index (κ3) is 1.37. The number of benzene rings is 1. The van der Waals surface area contributed by atoms with Gasteiger partial charge in [0.25, 0.3) is 0 Å². The van der Waals surface area contributed by atoms with Crippen LogP contribution in [0, 0.1) is 6.92 Å². The Kier molecular flexibility index (Phi) is 1.91. The molecule has 13 heavy (non-hydrogen) atoms. The van der Waals surface area contributed by atoms with E-state index in [0.29, 0.717) is 17.4 Å². The van der Waals surface area contributed by atoms with Crippen molar-refractivity contribution in [1.29, 1.82) is 0 Å². The van der Waals surface area contributed by atoms with Gasteiger partial charge in [-0.3, -0.25) is 0 Å². The molecule has 0 spiro atoms. The number of rotatable bonds is 1. The summed E-state index contributed by atoms with van der Waals surface area (Å²) in [6.07, 6.45) is 3.78. The summed E-state index contributed by atoms with van der Waals surface area (Å²) in [5.74, 6) is 0.968. The van der Waals surface area contributed by atoms with Crippen LogP contribution in [0.1, 0.15) is 36.3 Å². The number of hydrogen-bond donors (Lipinski definition) is 2. The van der Waals surface area contributed by atoms with E-state index in [-0.39, 0.29) is 0 Å². The molecule has 0 aliphatic heterocycles. The summed E-state index contributed by atoms with van der Waals surface area (Å²) in [5, 5.41) is 9.57. The molecule has 2 rings (SSSR count). The van der Waals surface area contributed by atoms with Gasteiger partial charge in [0, 0.05) is 11.3 Å². The quantitative estimate of drug-likeness (QED) is 0.647. The predicted molar refractivity (Wildman–Crippen MR) is 53.8 cm³/mol. The van der Waals surface area contributed by atoms with Gasteiger partial charge in [-0.1, -0.05) is 6.42 Å². The maximum atomic E-state index is 9.57. The number of phenolic OH excluding ortho intramolecular Hbond substituents is 1. The Bertz CT molecular complexity index is 306. The van der Waals surface area contributed by atoms with Crippen LogP contribution in [-0.4, -0.2) is 5.11 Å². The van der Waals surface area contributed by atoms with Gasteiger partial charge in [-0.05, 0) is 43.4 Å². The highest BCUT2D eigenvalue weighted by atomic mass is 16.3. The number of aromatic hydroxyl groups is 1. The van der Waals surface area contributed by atoms with Crippen molar-refractivity contribution in [3.05, 3.63) is 23.3 Å². The van der Waals surface area contributed by atoms with Gasteiger partial charge in [-0.25, -0.2) is 0 Å². The van der Waals surface area contributed by atoms with Gasteiger partial charge in [-0.15, -0.1) is 0 Å². The van der Waals surface area contributed by atoms with E-state index in [1.165, 1.54) is 24.8 Å². The number of nitrogen functional groups attached to an aromatic ring is 1. The molecule has 1 aliphatic carbocycles. The van der Waals surface area contributed by atoms with Crippen molar-refractivity contribution < 1.29 is 5.11 Å². The molecule has 1 aromatic rings. The normalized spacial score (nSPS) is 17.0. The van der Waals surface area contributed by atoms with Crippen LogP contribution >= 0.6 is 0 Å². The molecule has 0 aromatic heterocycles. The molecule has 0 saturated heterocycles. The first-order valence-electron chi connectivity index (χ1n) is 4.77. The number of hydrogen-bond acceptors (Lipinski definition) is 2. The van der Waals surface area contributed by atoms with Crippen LogP contribution in [-0.2, 0) is 0 Å². The zero-order valence-corrected chi connectivity index (χ0v) is 7.88. The lowest BCUT2D eigenvalue weighted by Gasteiger charge is -2.26. The molecular weight excluding hydrogens is 162 g/mol. The van der Waals surface area contributed by atoms with E-state index in [0.717, 1.165) is 5.56 Å². The first-order chi connectivity index (χ1) is 6.18. The lowest BCUT2D eigenvalue weighted by atomic mass is 9.79. The smallest absolute Gasteiger partial charge is 0.120 e. The molecule has 2 heteroatoms. The second-order valence-corrected chi connectivity index (χ2v) is 3.88. The Morgan fingerprint density at radius 3 is 2.54 bits per heavy atom. The molecule has 3 N–H and O–H groups in total. The van der Waals surface area contributed by atoms with Gasteiger partial charge in [0.1, 0.15) is 5.75 Å². The Morgan fingerprint density at radius 1 is 1.38 bits per heavy atom. The molecule has 0 heterocycles. The molecule has 0 atom stereocenters. The van der Waals surface area contributed by atoms with E-state index < -0.39 is 0 Å². The maximum absolute atomic E-state index is 9.57. The summed E-state index contributed by atoms with van der Waals surface area (Å²) >= 11 is 0. The van der Waals surface area contributed by atoms with E-state index in [2.05, 4.69) is 0 Å². The van der Waals surface area contributed by atoms with Gasteiger partial charge < -0.3 is 10.8 Å². The van der Waals surface area contributed by atoms with Crippen LogP contribution in [0.4, 0.5) is 5.69 Å². The zero-order valence-electron chi connectivity index (χ0n) is 7.88. The number of anilines is 1. The largest absolute Gasteiger partial charge is 0.508 e. The second kappa shape index (κ2) is 2.95. The summed E-state index contributed by atoms with van der Waals surface area (Å²) in [5.41, 5.74) is 8.48. The van der Waals surface area contributed by atoms with E-state index >= 15 is 0 Å². The molecule has 1 fully saturated rings. The van der Waals surface area contributed by atoms with Gasteiger partial charge >= 0.3 is 0 Å². The summed E-state index contributed by atoms with van der Waals surface area (Å²) in [6.45, 7) is 1.84.